The third-order valence-electron chi connectivity index (χ3n) is 2.13. The highest BCUT2D eigenvalue weighted by Gasteiger charge is 2.25. The molecule has 0 aromatic carbocycles. The lowest BCUT2D eigenvalue weighted by Crippen LogP contribution is -2.46. The van der Waals surface area contributed by atoms with E-state index in [4.69, 9.17) is 19.6 Å². The van der Waals surface area contributed by atoms with Gasteiger partial charge in [0.05, 0.1) is 0 Å². The normalized spacial score (nSPS) is 14.4. The van der Waals surface area contributed by atoms with Crippen molar-refractivity contribution in [3.05, 3.63) is 0 Å². The molecule has 90 valence electrons. The van der Waals surface area contributed by atoms with Crippen LogP contribution in [0.5, 0.6) is 0 Å². The highest BCUT2D eigenvalue weighted by molar-refractivity contribution is 6.30. The van der Waals surface area contributed by atoms with E-state index >= 15 is 0 Å². The van der Waals surface area contributed by atoms with E-state index in [0.717, 1.165) is 6.42 Å². The van der Waals surface area contributed by atoms with E-state index < -0.39 is 21.8 Å². The van der Waals surface area contributed by atoms with Crippen LogP contribution < -0.4 is 11.1 Å². The summed E-state index contributed by atoms with van der Waals surface area (Å²) in [4.78, 5) is 10.6. The lowest BCUT2D eigenvalue weighted by molar-refractivity contribution is -0.311. The Labute approximate surface area is 92.4 Å². The van der Waals surface area contributed by atoms with E-state index in [1.807, 2.05) is 6.92 Å². The summed E-state index contributed by atoms with van der Waals surface area (Å²) in [7, 11) is 2.00. The number of primary amides is 1. The molecule has 0 aromatic rings. The van der Waals surface area contributed by atoms with Crippen LogP contribution in [0.1, 0.15) is 20.3 Å². The first-order valence-electron chi connectivity index (χ1n) is 4.77. The van der Waals surface area contributed by atoms with Crippen molar-refractivity contribution in [2.75, 3.05) is 14.2 Å². The number of nitrogens with two attached hydrogens (primary N) is 1. The topological polar surface area (TPSA) is 82.8 Å². The highest BCUT2D eigenvalue weighted by atomic mass is 28.2. The van der Waals surface area contributed by atoms with Crippen LogP contribution in [0.2, 0.25) is 0 Å². The second-order valence-electron chi connectivity index (χ2n) is 3.20. The molecule has 0 aliphatic carbocycles. The number of hydrogen-bond acceptors (Lipinski definition) is 4. The minimum atomic E-state index is -1.03. The van der Waals surface area contributed by atoms with Gasteiger partial charge in [0, 0.05) is 26.8 Å². The molecule has 0 saturated heterocycles. The van der Waals surface area contributed by atoms with Crippen molar-refractivity contribution in [3.63, 3.8) is 0 Å². The minimum absolute atomic E-state index is 0.00729. The number of carbonyl (C=O) groups is 1. The summed E-state index contributed by atoms with van der Waals surface area (Å²) in [5, 5.41) is 2.61. The average molecular weight is 236 g/mol. The van der Waals surface area contributed by atoms with E-state index in [1.54, 1.807) is 6.92 Å². The van der Waals surface area contributed by atoms with Gasteiger partial charge < -0.3 is 25.0 Å². The molecule has 0 spiro atoms. The molecule has 0 fully saturated rings. The zero-order valence-electron chi connectivity index (χ0n) is 9.70. The third-order valence-corrected chi connectivity index (χ3v) is 4.00. The largest absolute Gasteiger partial charge is 0.374 e. The lowest BCUT2D eigenvalue weighted by atomic mass is 10.5. The summed E-state index contributed by atoms with van der Waals surface area (Å²) in [5.74, 6) is -1.03. The average Bonchev–Trinajstić information content (AvgIpc) is 2.23. The molecule has 15 heavy (non-hydrogen) atoms. The molecule has 3 N–H and O–H groups in total. The van der Waals surface area contributed by atoms with Gasteiger partial charge in [0.2, 0.25) is 0 Å². The Kier molecular flexibility index (Phi) is 6.49. The number of hydrogen-bond donors (Lipinski definition) is 2. The van der Waals surface area contributed by atoms with Crippen molar-refractivity contribution in [1.29, 1.82) is 0 Å². The number of nitrogens with one attached hydrogen (secondary N) is 1. The highest BCUT2D eigenvalue weighted by Crippen LogP contribution is 2.11. The van der Waals surface area contributed by atoms with Gasteiger partial charge in [0.25, 0.3) is 5.97 Å². The SMILES string of the molecule is CCC(NC(N)=O)[SiH2]OC(C)(OC)OC. The van der Waals surface area contributed by atoms with Gasteiger partial charge in [-0.2, -0.15) is 0 Å². The molecule has 0 rings (SSSR count). The molecule has 0 aromatic heterocycles. The second-order valence-corrected chi connectivity index (χ2v) is 4.80. The first kappa shape index (κ1) is 14.4. The van der Waals surface area contributed by atoms with Crippen LogP contribution in [0.4, 0.5) is 4.79 Å². The number of methoxy groups -OCH3 is 2. The number of urea groups is 1. The van der Waals surface area contributed by atoms with Crippen LogP contribution in [0.25, 0.3) is 0 Å². The Hall–Kier alpha value is -0.633. The maximum Gasteiger partial charge on any atom is 0.312 e. The Morgan fingerprint density at radius 2 is 2.07 bits per heavy atom. The Bertz CT molecular complexity index is 199. The molecule has 6 nitrogen and oxygen atoms in total. The number of carbonyl (C=O) groups excluding carboxylic acids is 1. The summed E-state index contributed by atoms with van der Waals surface area (Å²) in [6.07, 6.45) is 0.776. The van der Waals surface area contributed by atoms with E-state index in [1.165, 1.54) is 14.2 Å². The summed E-state index contributed by atoms with van der Waals surface area (Å²) < 4.78 is 15.6. The van der Waals surface area contributed by atoms with Crippen LogP contribution in [0, 0.1) is 0 Å². The maximum atomic E-state index is 10.6. The summed E-state index contributed by atoms with van der Waals surface area (Å²) in [6, 6.07) is -0.533. The first-order chi connectivity index (χ1) is 6.97. The van der Waals surface area contributed by atoms with Gasteiger partial charge in [-0.3, -0.25) is 0 Å². The summed E-state index contributed by atoms with van der Waals surface area (Å²) in [6.45, 7) is 3.63. The van der Waals surface area contributed by atoms with Crippen molar-refractivity contribution >= 4 is 15.8 Å². The van der Waals surface area contributed by atoms with Crippen molar-refractivity contribution in [3.8, 4) is 0 Å². The zero-order chi connectivity index (χ0) is 11.9. The van der Waals surface area contributed by atoms with Crippen molar-refractivity contribution < 1.29 is 18.7 Å². The van der Waals surface area contributed by atoms with Crippen LogP contribution in [-0.2, 0) is 13.9 Å². The van der Waals surface area contributed by atoms with Gasteiger partial charge in [0.1, 0.15) is 0 Å². The molecule has 0 aliphatic rings. The van der Waals surface area contributed by atoms with Gasteiger partial charge in [-0.15, -0.1) is 0 Å². The van der Waals surface area contributed by atoms with Gasteiger partial charge in [-0.25, -0.2) is 4.79 Å². The van der Waals surface area contributed by atoms with Gasteiger partial charge in [-0.05, 0) is 6.42 Å². The van der Waals surface area contributed by atoms with Crippen LogP contribution >= 0.6 is 0 Å². The molecule has 0 heterocycles. The van der Waals surface area contributed by atoms with E-state index in [9.17, 15) is 4.79 Å². The maximum absolute atomic E-state index is 10.6. The molecular formula is C8H20N2O4Si. The molecule has 0 aliphatic heterocycles. The standard InChI is InChI=1S/C8H20N2O4Si/c1-5-6(10-7(9)11)15-14-8(2,12-3)13-4/h6H,5,15H2,1-4H3,(H3,9,10,11). The Balaban J connectivity index is 4.03. The van der Waals surface area contributed by atoms with Crippen LogP contribution in [-0.4, -0.2) is 41.7 Å². The van der Waals surface area contributed by atoms with Gasteiger partial charge in [0.15, 0.2) is 9.76 Å². The lowest BCUT2D eigenvalue weighted by Gasteiger charge is -2.28. The zero-order valence-corrected chi connectivity index (χ0v) is 11.1. The third kappa shape index (κ3) is 5.73. The van der Waals surface area contributed by atoms with Crippen molar-refractivity contribution in [1.82, 2.24) is 5.32 Å². The summed E-state index contributed by atoms with van der Waals surface area (Å²) >= 11 is 0. The molecule has 7 heteroatoms. The first-order valence-corrected chi connectivity index (χ1v) is 6.17. The predicted octanol–water partition coefficient (Wildman–Crippen LogP) is -0.542. The number of ether oxygens (including phenoxy) is 2. The predicted molar refractivity (Wildman–Crippen MR) is 58.9 cm³/mol. The fourth-order valence-electron chi connectivity index (χ4n) is 0.916. The van der Waals surface area contributed by atoms with Crippen molar-refractivity contribution in [2.24, 2.45) is 5.73 Å². The van der Waals surface area contributed by atoms with Gasteiger partial charge >= 0.3 is 6.03 Å². The van der Waals surface area contributed by atoms with Crippen molar-refractivity contribution in [2.45, 2.75) is 31.9 Å². The molecular weight excluding hydrogens is 216 g/mol. The molecule has 1 unspecified atom stereocenters. The molecule has 0 bridgehead atoms. The fraction of sp³-hybridized carbons (Fsp3) is 0.875. The fourth-order valence-corrected chi connectivity index (χ4v) is 2.18. The smallest absolute Gasteiger partial charge is 0.312 e. The molecule has 0 radical (unpaired) electrons. The number of rotatable bonds is 7. The van der Waals surface area contributed by atoms with E-state index in [0.29, 0.717) is 0 Å². The number of amides is 2. The second kappa shape index (κ2) is 6.78. The Morgan fingerprint density at radius 3 is 2.40 bits per heavy atom. The molecule has 2 amide bonds. The summed E-state index contributed by atoms with van der Waals surface area (Å²) in [5.41, 5.74) is 5.02. The monoisotopic (exact) mass is 236 g/mol. The quantitative estimate of drug-likeness (QED) is 0.459. The Morgan fingerprint density at radius 1 is 1.53 bits per heavy atom. The molecule has 1 atom stereocenters. The minimum Gasteiger partial charge on any atom is -0.374 e. The van der Waals surface area contributed by atoms with E-state index in [-0.39, 0.29) is 5.67 Å². The van der Waals surface area contributed by atoms with E-state index in [2.05, 4.69) is 5.32 Å². The van der Waals surface area contributed by atoms with Gasteiger partial charge in [-0.1, -0.05) is 6.92 Å². The van der Waals surface area contributed by atoms with Crippen LogP contribution in [0.3, 0.4) is 0 Å². The van der Waals surface area contributed by atoms with Crippen LogP contribution in [0.15, 0.2) is 0 Å². The molecule has 0 saturated carbocycles.